The maximum Gasteiger partial charge on any atom is 0.238 e. The molecule has 1 aromatic rings. The highest BCUT2D eigenvalue weighted by Crippen LogP contribution is 2.15. The van der Waals surface area contributed by atoms with Gasteiger partial charge in [-0.25, -0.2) is 0 Å². The minimum absolute atomic E-state index is 0.0226. The largest absolute Gasteiger partial charge is 0.343 e. The van der Waals surface area contributed by atoms with Crippen LogP contribution >= 0.6 is 0 Å². The molecular formula is C23H36N4O3. The van der Waals surface area contributed by atoms with Crippen LogP contribution in [-0.2, 0) is 20.8 Å². The van der Waals surface area contributed by atoms with Gasteiger partial charge in [-0.1, -0.05) is 25.1 Å². The van der Waals surface area contributed by atoms with Crippen LogP contribution in [0.25, 0.3) is 0 Å². The van der Waals surface area contributed by atoms with Gasteiger partial charge in [-0.3, -0.25) is 19.3 Å². The summed E-state index contributed by atoms with van der Waals surface area (Å²) in [6.07, 6.45) is 2.29. The fourth-order valence-electron chi connectivity index (χ4n) is 3.78. The van der Waals surface area contributed by atoms with Crippen molar-refractivity contribution < 1.29 is 14.4 Å². The number of benzene rings is 1. The van der Waals surface area contributed by atoms with Crippen molar-refractivity contribution in [3.8, 4) is 0 Å². The number of anilines is 1. The second-order valence-electron chi connectivity index (χ2n) is 7.64. The Morgan fingerprint density at radius 1 is 0.967 bits per heavy atom. The highest BCUT2D eigenvalue weighted by Gasteiger charge is 2.22. The molecule has 166 valence electrons. The van der Waals surface area contributed by atoms with Crippen LogP contribution < -0.4 is 5.32 Å². The second-order valence-corrected chi connectivity index (χ2v) is 7.64. The molecule has 1 saturated heterocycles. The van der Waals surface area contributed by atoms with Crippen LogP contribution in [0, 0.1) is 0 Å². The molecule has 30 heavy (non-hydrogen) atoms. The number of piperazine rings is 1. The minimum Gasteiger partial charge on any atom is -0.343 e. The fraction of sp³-hybridized carbons (Fsp3) is 0.609. The first-order chi connectivity index (χ1) is 14.5. The molecule has 0 unspecified atom stereocenters. The lowest BCUT2D eigenvalue weighted by Gasteiger charge is -2.34. The SMILES string of the molecule is CCc1ccccc1NC(=O)CN1CCN(C(=O)CCCC(=O)N(CC)CC)CC1. The van der Waals surface area contributed by atoms with Crippen molar-refractivity contribution in [3.05, 3.63) is 29.8 Å². The number of para-hydroxylation sites is 1. The Balaban J connectivity index is 1.69. The first-order valence-electron chi connectivity index (χ1n) is 11.1. The average Bonchev–Trinajstić information content (AvgIpc) is 2.75. The summed E-state index contributed by atoms with van der Waals surface area (Å²) in [7, 11) is 0. The first-order valence-corrected chi connectivity index (χ1v) is 11.1. The van der Waals surface area contributed by atoms with Gasteiger partial charge in [0.2, 0.25) is 17.7 Å². The van der Waals surface area contributed by atoms with E-state index in [9.17, 15) is 14.4 Å². The molecular weight excluding hydrogens is 380 g/mol. The van der Waals surface area contributed by atoms with Crippen molar-refractivity contribution in [2.24, 2.45) is 0 Å². The number of hydrogen-bond acceptors (Lipinski definition) is 4. The third kappa shape index (κ3) is 7.13. The molecule has 0 atom stereocenters. The predicted octanol–water partition coefficient (Wildman–Crippen LogP) is 2.37. The summed E-state index contributed by atoms with van der Waals surface area (Å²) in [4.78, 5) is 42.6. The van der Waals surface area contributed by atoms with Crippen LogP contribution in [0.5, 0.6) is 0 Å². The number of nitrogens with one attached hydrogen (secondary N) is 1. The summed E-state index contributed by atoms with van der Waals surface area (Å²) in [5, 5.41) is 3.00. The van der Waals surface area contributed by atoms with Crippen LogP contribution in [0.4, 0.5) is 5.69 Å². The molecule has 3 amide bonds. The van der Waals surface area contributed by atoms with Crippen LogP contribution in [0.1, 0.15) is 45.6 Å². The van der Waals surface area contributed by atoms with Gasteiger partial charge < -0.3 is 15.1 Å². The summed E-state index contributed by atoms with van der Waals surface area (Å²) >= 11 is 0. The zero-order valence-corrected chi connectivity index (χ0v) is 18.7. The molecule has 7 nitrogen and oxygen atoms in total. The van der Waals surface area contributed by atoms with E-state index >= 15 is 0 Å². The second kappa shape index (κ2) is 12.3. The van der Waals surface area contributed by atoms with E-state index in [1.54, 1.807) is 4.90 Å². The van der Waals surface area contributed by atoms with E-state index in [-0.39, 0.29) is 17.7 Å². The van der Waals surface area contributed by atoms with Crippen molar-refractivity contribution in [3.63, 3.8) is 0 Å². The van der Waals surface area contributed by atoms with Gasteiger partial charge >= 0.3 is 0 Å². The molecule has 1 heterocycles. The molecule has 1 aliphatic rings. The smallest absolute Gasteiger partial charge is 0.238 e. The molecule has 0 saturated carbocycles. The fourth-order valence-corrected chi connectivity index (χ4v) is 3.78. The summed E-state index contributed by atoms with van der Waals surface area (Å²) in [6.45, 7) is 10.4. The van der Waals surface area contributed by atoms with Gasteiger partial charge in [-0.05, 0) is 38.3 Å². The van der Waals surface area contributed by atoms with Crippen LogP contribution in [0.3, 0.4) is 0 Å². The molecule has 1 aliphatic heterocycles. The molecule has 0 bridgehead atoms. The molecule has 7 heteroatoms. The summed E-state index contributed by atoms with van der Waals surface area (Å²) in [6, 6.07) is 7.85. The number of rotatable bonds is 10. The van der Waals surface area contributed by atoms with Crippen molar-refractivity contribution in [1.82, 2.24) is 14.7 Å². The average molecular weight is 417 g/mol. The lowest BCUT2D eigenvalue weighted by Crippen LogP contribution is -2.50. The molecule has 2 rings (SSSR count). The number of amides is 3. The van der Waals surface area contributed by atoms with Crippen LogP contribution in [-0.4, -0.2) is 78.2 Å². The molecule has 0 aromatic heterocycles. The van der Waals surface area contributed by atoms with E-state index < -0.39 is 0 Å². The summed E-state index contributed by atoms with van der Waals surface area (Å²) in [5.74, 6) is 0.196. The monoisotopic (exact) mass is 416 g/mol. The number of carbonyl (C=O) groups is 3. The van der Waals surface area contributed by atoms with E-state index in [2.05, 4.69) is 17.1 Å². The summed E-state index contributed by atoms with van der Waals surface area (Å²) in [5.41, 5.74) is 2.00. The first kappa shape index (κ1) is 23.9. The maximum atomic E-state index is 12.4. The zero-order chi connectivity index (χ0) is 21.9. The van der Waals surface area contributed by atoms with Gasteiger partial charge in [0.15, 0.2) is 0 Å². The molecule has 0 radical (unpaired) electrons. The van der Waals surface area contributed by atoms with Gasteiger partial charge in [0, 0.05) is 57.8 Å². The van der Waals surface area contributed by atoms with E-state index in [0.29, 0.717) is 65.1 Å². The Morgan fingerprint density at radius 2 is 1.63 bits per heavy atom. The third-order valence-corrected chi connectivity index (χ3v) is 5.66. The molecule has 1 aromatic carbocycles. The molecule has 1 fully saturated rings. The number of hydrogen-bond donors (Lipinski definition) is 1. The topological polar surface area (TPSA) is 73.0 Å². The zero-order valence-electron chi connectivity index (χ0n) is 18.7. The van der Waals surface area contributed by atoms with Crippen LogP contribution in [0.2, 0.25) is 0 Å². The Labute approximate surface area is 180 Å². The van der Waals surface area contributed by atoms with Crippen molar-refractivity contribution in [2.75, 3.05) is 51.1 Å². The minimum atomic E-state index is -0.0226. The Kier molecular flexibility index (Phi) is 9.80. The van der Waals surface area contributed by atoms with E-state index in [4.69, 9.17) is 0 Å². The van der Waals surface area contributed by atoms with Gasteiger partial charge in [-0.2, -0.15) is 0 Å². The van der Waals surface area contributed by atoms with E-state index in [1.165, 1.54) is 0 Å². The lowest BCUT2D eigenvalue weighted by molar-refractivity contribution is -0.133. The highest BCUT2D eigenvalue weighted by atomic mass is 16.2. The highest BCUT2D eigenvalue weighted by molar-refractivity contribution is 5.93. The van der Waals surface area contributed by atoms with Crippen molar-refractivity contribution >= 4 is 23.4 Å². The van der Waals surface area contributed by atoms with Gasteiger partial charge in [0.05, 0.1) is 6.54 Å². The van der Waals surface area contributed by atoms with Gasteiger partial charge in [-0.15, -0.1) is 0 Å². The normalized spacial score (nSPS) is 14.4. The van der Waals surface area contributed by atoms with Crippen molar-refractivity contribution in [1.29, 1.82) is 0 Å². The lowest BCUT2D eigenvalue weighted by atomic mass is 10.1. The number of aryl methyl sites for hydroxylation is 1. The predicted molar refractivity (Wildman–Crippen MR) is 119 cm³/mol. The van der Waals surface area contributed by atoms with Crippen LogP contribution in [0.15, 0.2) is 24.3 Å². The standard InChI is InChI=1S/C23H36N4O3/c1-4-19-10-7-8-11-20(19)24-21(28)18-25-14-16-27(17-15-25)23(30)13-9-12-22(29)26(5-2)6-3/h7-8,10-11H,4-6,9,12-18H2,1-3H3,(H,24,28). The van der Waals surface area contributed by atoms with Crippen molar-refractivity contribution in [2.45, 2.75) is 46.5 Å². The van der Waals surface area contributed by atoms with E-state index in [0.717, 1.165) is 17.7 Å². The molecule has 0 spiro atoms. The Hall–Kier alpha value is -2.41. The third-order valence-electron chi connectivity index (χ3n) is 5.66. The molecule has 1 N–H and O–H groups in total. The summed E-state index contributed by atoms with van der Waals surface area (Å²) < 4.78 is 0. The maximum absolute atomic E-state index is 12.4. The quantitative estimate of drug-likeness (QED) is 0.636. The Bertz CT molecular complexity index is 710. The van der Waals surface area contributed by atoms with E-state index in [1.807, 2.05) is 43.0 Å². The Morgan fingerprint density at radius 3 is 2.27 bits per heavy atom. The molecule has 0 aliphatic carbocycles. The number of nitrogens with zero attached hydrogens (tertiary/aromatic N) is 3. The van der Waals surface area contributed by atoms with Gasteiger partial charge in [0.25, 0.3) is 0 Å². The number of carbonyl (C=O) groups excluding carboxylic acids is 3. The van der Waals surface area contributed by atoms with Gasteiger partial charge in [0.1, 0.15) is 0 Å².